The van der Waals surface area contributed by atoms with Crippen molar-refractivity contribution in [1.29, 1.82) is 0 Å². The molecule has 1 atom stereocenters. The molecule has 1 aliphatic rings. The first-order valence-corrected chi connectivity index (χ1v) is 9.97. The SMILES string of the molecule is CCCCCCCCCCC1C(=O)CCNCCNCCNC1=O. The molecule has 0 aromatic rings. The number of hydrogen-bond acceptors (Lipinski definition) is 4. The molecule has 1 unspecified atom stereocenters. The van der Waals surface area contributed by atoms with Gasteiger partial charge in [-0.25, -0.2) is 0 Å². The number of amides is 1. The van der Waals surface area contributed by atoms with E-state index in [1.54, 1.807) is 0 Å². The number of Topliss-reactive ketones (excluding diaryl/α,β-unsaturated/α-hetero) is 1. The Morgan fingerprint density at radius 2 is 1.38 bits per heavy atom. The van der Waals surface area contributed by atoms with E-state index in [2.05, 4.69) is 22.9 Å². The maximum Gasteiger partial charge on any atom is 0.230 e. The maximum atomic E-state index is 12.4. The summed E-state index contributed by atoms with van der Waals surface area (Å²) >= 11 is 0. The summed E-state index contributed by atoms with van der Waals surface area (Å²) in [5.74, 6) is -0.437. The molecule has 0 aromatic carbocycles. The number of ketones is 1. The van der Waals surface area contributed by atoms with Gasteiger partial charge in [0.1, 0.15) is 5.78 Å². The number of nitrogens with one attached hydrogen (secondary N) is 3. The van der Waals surface area contributed by atoms with Gasteiger partial charge in [-0.15, -0.1) is 0 Å². The highest BCUT2D eigenvalue weighted by Gasteiger charge is 2.25. The van der Waals surface area contributed by atoms with Crippen molar-refractivity contribution in [1.82, 2.24) is 16.0 Å². The summed E-state index contributed by atoms with van der Waals surface area (Å²) in [7, 11) is 0. The van der Waals surface area contributed by atoms with Crippen LogP contribution >= 0.6 is 0 Å². The molecule has 0 radical (unpaired) electrons. The molecule has 5 heteroatoms. The van der Waals surface area contributed by atoms with Crippen LogP contribution in [0.25, 0.3) is 0 Å². The second-order valence-corrected chi connectivity index (χ2v) is 6.82. The molecule has 1 rings (SSSR count). The summed E-state index contributed by atoms with van der Waals surface area (Å²) in [5.41, 5.74) is 0. The van der Waals surface area contributed by atoms with Crippen molar-refractivity contribution in [2.75, 3.05) is 32.7 Å². The Hall–Kier alpha value is -0.940. The summed E-state index contributed by atoms with van der Waals surface area (Å²) in [6.07, 6.45) is 11.0. The first-order valence-electron chi connectivity index (χ1n) is 9.97. The first kappa shape index (κ1) is 21.1. The minimum Gasteiger partial charge on any atom is -0.354 e. The molecule has 0 saturated carbocycles. The van der Waals surface area contributed by atoms with E-state index in [0.717, 1.165) is 32.5 Å². The summed E-state index contributed by atoms with van der Waals surface area (Å²) in [4.78, 5) is 24.7. The number of hydrogen-bond donors (Lipinski definition) is 3. The fraction of sp³-hybridized carbons (Fsp3) is 0.895. The van der Waals surface area contributed by atoms with Crippen LogP contribution in [-0.2, 0) is 9.59 Å². The molecular formula is C19H37N3O2. The van der Waals surface area contributed by atoms with Crippen LogP contribution in [-0.4, -0.2) is 44.4 Å². The lowest BCUT2D eigenvalue weighted by atomic mass is 9.93. The van der Waals surface area contributed by atoms with Crippen LogP contribution in [0.15, 0.2) is 0 Å². The summed E-state index contributed by atoms with van der Waals surface area (Å²) in [6, 6.07) is 0. The molecule has 1 aliphatic heterocycles. The highest BCUT2D eigenvalue weighted by atomic mass is 16.2. The molecule has 1 saturated heterocycles. The number of carbonyl (C=O) groups is 2. The Labute approximate surface area is 147 Å². The molecule has 1 fully saturated rings. The number of rotatable bonds is 9. The second kappa shape index (κ2) is 14.4. The quantitative estimate of drug-likeness (QED) is 0.446. The fourth-order valence-corrected chi connectivity index (χ4v) is 3.13. The van der Waals surface area contributed by atoms with Gasteiger partial charge in [0.05, 0.1) is 5.92 Å². The molecule has 0 aliphatic carbocycles. The van der Waals surface area contributed by atoms with Crippen LogP contribution < -0.4 is 16.0 Å². The van der Waals surface area contributed by atoms with Gasteiger partial charge in [0.25, 0.3) is 0 Å². The molecule has 140 valence electrons. The average molecular weight is 340 g/mol. The number of carbonyl (C=O) groups excluding carboxylic acids is 2. The fourth-order valence-electron chi connectivity index (χ4n) is 3.13. The monoisotopic (exact) mass is 339 g/mol. The largest absolute Gasteiger partial charge is 0.354 e. The highest BCUT2D eigenvalue weighted by Crippen LogP contribution is 2.15. The lowest BCUT2D eigenvalue weighted by Crippen LogP contribution is -2.41. The van der Waals surface area contributed by atoms with Gasteiger partial charge in [-0.05, 0) is 6.42 Å². The van der Waals surface area contributed by atoms with E-state index in [-0.39, 0.29) is 11.7 Å². The smallest absolute Gasteiger partial charge is 0.230 e. The van der Waals surface area contributed by atoms with Crippen molar-refractivity contribution in [2.24, 2.45) is 5.92 Å². The Kier molecular flexibility index (Phi) is 12.7. The van der Waals surface area contributed by atoms with Gasteiger partial charge >= 0.3 is 0 Å². The summed E-state index contributed by atoms with van der Waals surface area (Å²) in [5, 5.41) is 9.44. The molecule has 0 spiro atoms. The Bertz CT molecular complexity index is 326. The maximum absolute atomic E-state index is 12.4. The van der Waals surface area contributed by atoms with Gasteiger partial charge in [0, 0.05) is 39.1 Å². The minimum absolute atomic E-state index is 0.0784. The molecule has 24 heavy (non-hydrogen) atoms. The minimum atomic E-state index is -0.452. The van der Waals surface area contributed by atoms with Gasteiger partial charge in [0.2, 0.25) is 5.91 Å². The third-order valence-electron chi connectivity index (χ3n) is 4.68. The third-order valence-corrected chi connectivity index (χ3v) is 4.68. The van der Waals surface area contributed by atoms with Crippen LogP contribution in [0.5, 0.6) is 0 Å². The molecule has 0 bridgehead atoms. The van der Waals surface area contributed by atoms with Crippen molar-refractivity contribution in [2.45, 2.75) is 71.1 Å². The standard InChI is InChI=1S/C19H37N3O2/c1-2-3-4-5-6-7-8-9-10-17-18(23)11-12-20-13-14-21-15-16-22-19(17)24/h17,20-21H,2-16H2,1H3,(H,22,24). The zero-order valence-corrected chi connectivity index (χ0v) is 15.5. The Balaban J connectivity index is 2.28. The highest BCUT2D eigenvalue weighted by molar-refractivity contribution is 6.01. The van der Waals surface area contributed by atoms with Gasteiger partial charge < -0.3 is 16.0 Å². The summed E-state index contributed by atoms with van der Waals surface area (Å²) in [6.45, 7) is 5.99. The van der Waals surface area contributed by atoms with Gasteiger partial charge in [0.15, 0.2) is 0 Å². The normalized spacial score (nSPS) is 21.0. The van der Waals surface area contributed by atoms with Crippen LogP contribution in [0, 0.1) is 5.92 Å². The lowest BCUT2D eigenvalue weighted by Gasteiger charge is -2.17. The molecule has 5 nitrogen and oxygen atoms in total. The number of unbranched alkanes of at least 4 members (excludes halogenated alkanes) is 7. The molecule has 3 N–H and O–H groups in total. The zero-order valence-electron chi connectivity index (χ0n) is 15.5. The first-order chi connectivity index (χ1) is 11.8. The van der Waals surface area contributed by atoms with Crippen LogP contribution in [0.2, 0.25) is 0 Å². The third kappa shape index (κ3) is 10.0. The molecule has 1 amide bonds. The van der Waals surface area contributed by atoms with E-state index < -0.39 is 5.92 Å². The van der Waals surface area contributed by atoms with Crippen LogP contribution in [0.4, 0.5) is 0 Å². The topological polar surface area (TPSA) is 70.2 Å². The van der Waals surface area contributed by atoms with Crippen molar-refractivity contribution >= 4 is 11.7 Å². The van der Waals surface area contributed by atoms with Crippen molar-refractivity contribution in [3.8, 4) is 0 Å². The van der Waals surface area contributed by atoms with E-state index in [9.17, 15) is 9.59 Å². The van der Waals surface area contributed by atoms with Gasteiger partial charge in [-0.1, -0.05) is 58.3 Å². The van der Waals surface area contributed by atoms with Crippen LogP contribution in [0.3, 0.4) is 0 Å². The molecular weight excluding hydrogens is 302 g/mol. The Morgan fingerprint density at radius 3 is 2.08 bits per heavy atom. The van der Waals surface area contributed by atoms with Crippen molar-refractivity contribution in [3.63, 3.8) is 0 Å². The van der Waals surface area contributed by atoms with Crippen molar-refractivity contribution < 1.29 is 9.59 Å². The average Bonchev–Trinajstić information content (AvgIpc) is 2.57. The molecule has 0 aromatic heterocycles. The van der Waals surface area contributed by atoms with E-state index in [1.165, 1.54) is 38.5 Å². The van der Waals surface area contributed by atoms with Crippen molar-refractivity contribution in [3.05, 3.63) is 0 Å². The van der Waals surface area contributed by atoms with Crippen LogP contribution in [0.1, 0.15) is 71.1 Å². The predicted molar refractivity (Wildman–Crippen MR) is 99.1 cm³/mol. The van der Waals surface area contributed by atoms with E-state index in [0.29, 0.717) is 25.9 Å². The summed E-state index contributed by atoms with van der Waals surface area (Å²) < 4.78 is 0. The van der Waals surface area contributed by atoms with Gasteiger partial charge in [-0.3, -0.25) is 9.59 Å². The van der Waals surface area contributed by atoms with Gasteiger partial charge in [-0.2, -0.15) is 0 Å². The predicted octanol–water partition coefficient (Wildman–Crippen LogP) is 2.40. The second-order valence-electron chi connectivity index (χ2n) is 6.82. The van der Waals surface area contributed by atoms with E-state index in [1.807, 2.05) is 0 Å². The van der Waals surface area contributed by atoms with E-state index in [4.69, 9.17) is 0 Å². The Morgan fingerprint density at radius 1 is 0.792 bits per heavy atom. The van der Waals surface area contributed by atoms with E-state index >= 15 is 0 Å². The zero-order chi connectivity index (χ0) is 17.5. The lowest BCUT2D eigenvalue weighted by molar-refractivity contribution is -0.134. The molecule has 1 heterocycles.